The van der Waals surface area contributed by atoms with Crippen LogP contribution in [0.15, 0.2) is 33.8 Å². The maximum atomic E-state index is 14.6. The minimum absolute atomic E-state index is 0.0335. The molecule has 0 aromatic carbocycles. The van der Waals surface area contributed by atoms with Gasteiger partial charge in [-0.25, -0.2) is 27.9 Å². The minimum atomic E-state index is -4.64. The number of aryl methyl sites for hydroxylation is 1. The summed E-state index contributed by atoms with van der Waals surface area (Å²) in [5, 5.41) is 11.4. The number of halogens is 4. The molecule has 35 heavy (non-hydrogen) atoms. The lowest BCUT2D eigenvalue weighted by molar-refractivity contribution is -0.117. The number of anilines is 1. The Labute approximate surface area is 200 Å². The summed E-state index contributed by atoms with van der Waals surface area (Å²) in [5.74, 6) is -1.96. The molecule has 1 atom stereocenters. The van der Waals surface area contributed by atoms with Crippen molar-refractivity contribution in [3.63, 3.8) is 0 Å². The molecule has 0 radical (unpaired) electrons. The predicted molar refractivity (Wildman–Crippen MR) is 121 cm³/mol. The molecule has 10 nitrogen and oxygen atoms in total. The lowest BCUT2D eigenvalue weighted by Gasteiger charge is -2.23. The highest BCUT2D eigenvalue weighted by Gasteiger charge is 2.29. The molecule has 2 heterocycles. The summed E-state index contributed by atoms with van der Waals surface area (Å²) in [6, 6.07) is 5.63. The molecule has 0 aliphatic heterocycles. The zero-order valence-electron chi connectivity index (χ0n) is 19.1. The van der Waals surface area contributed by atoms with Crippen molar-refractivity contribution in [2.75, 3.05) is 18.9 Å². The van der Waals surface area contributed by atoms with Gasteiger partial charge in [0.2, 0.25) is 5.96 Å². The quantitative estimate of drug-likeness (QED) is 0.234. The van der Waals surface area contributed by atoms with E-state index in [9.17, 15) is 26.6 Å². The van der Waals surface area contributed by atoms with Crippen molar-refractivity contribution in [1.82, 2.24) is 14.3 Å². The monoisotopic (exact) mass is 514 g/mol. The molecule has 0 saturated heterocycles. The number of nitrogens with one attached hydrogen (secondary N) is 1. The highest BCUT2D eigenvalue weighted by Crippen LogP contribution is 2.27. The molecule has 0 aliphatic rings. The van der Waals surface area contributed by atoms with Crippen molar-refractivity contribution < 1.29 is 26.6 Å². The molecule has 3 N–H and O–H groups in total. The van der Waals surface area contributed by atoms with E-state index in [2.05, 4.69) is 24.6 Å². The third kappa shape index (κ3) is 7.34. The van der Waals surface area contributed by atoms with E-state index in [4.69, 9.17) is 11.0 Å². The van der Waals surface area contributed by atoms with Crippen LogP contribution in [0.1, 0.15) is 41.2 Å². The largest absolute Gasteiger partial charge is 0.408 e. The van der Waals surface area contributed by atoms with E-state index in [0.717, 1.165) is 17.4 Å². The number of thiol groups is 1. The van der Waals surface area contributed by atoms with Crippen LogP contribution in [0.2, 0.25) is 0 Å². The van der Waals surface area contributed by atoms with E-state index in [1.807, 2.05) is 6.07 Å². The van der Waals surface area contributed by atoms with Crippen LogP contribution in [0.3, 0.4) is 0 Å². The number of nitrogens with two attached hydrogens (primary N) is 1. The molecule has 0 aliphatic carbocycles. The molecule has 2 rings (SSSR count). The molecule has 2 aromatic heterocycles. The molecule has 0 fully saturated rings. The number of hydrogen-bond acceptors (Lipinski definition) is 7. The van der Waals surface area contributed by atoms with Crippen molar-refractivity contribution in [2.45, 2.75) is 32.5 Å². The van der Waals surface area contributed by atoms with Crippen LogP contribution in [-0.4, -0.2) is 50.1 Å². The summed E-state index contributed by atoms with van der Waals surface area (Å²) in [4.78, 5) is 24.7. The van der Waals surface area contributed by atoms with E-state index in [1.54, 1.807) is 6.92 Å². The summed E-state index contributed by atoms with van der Waals surface area (Å²) < 4.78 is 67.3. The number of rotatable bonds is 6. The number of aromatic nitrogens is 2. The van der Waals surface area contributed by atoms with Gasteiger partial charge in [0, 0.05) is 13.2 Å². The molecular formula is C20H22F4N8O2S. The van der Waals surface area contributed by atoms with Crippen molar-refractivity contribution >= 4 is 28.5 Å². The first-order valence-electron chi connectivity index (χ1n) is 9.80. The second-order valence-electron chi connectivity index (χ2n) is 7.70. The second-order valence-corrected chi connectivity index (χ2v) is 9.09. The molecule has 0 saturated carbocycles. The van der Waals surface area contributed by atoms with E-state index in [1.165, 1.54) is 32.2 Å². The van der Waals surface area contributed by atoms with Crippen molar-refractivity contribution in [3.8, 4) is 6.07 Å². The lowest BCUT2D eigenvalue weighted by atomic mass is 10.0. The van der Waals surface area contributed by atoms with Crippen LogP contribution in [0, 0.1) is 24.1 Å². The maximum Gasteiger partial charge on any atom is 0.408 e. The summed E-state index contributed by atoms with van der Waals surface area (Å²) in [5.41, 5.74) is 4.78. The number of guanidine groups is 1. The molecule has 0 spiro atoms. The van der Waals surface area contributed by atoms with Crippen LogP contribution in [0.25, 0.3) is 0 Å². The Morgan fingerprint density at radius 1 is 1.34 bits per heavy atom. The SMILES string of the molecule is Cc1cc(C#N)cnc1C(=O)Nc1ccc(F)c(C(C)(C)/N=C(/N)N(C)/[SH](=O)=N/CC(F)(F)F)n1. The Balaban J connectivity index is 2.31. The van der Waals surface area contributed by atoms with Crippen LogP contribution in [-0.2, 0) is 16.3 Å². The fraction of sp³-hybridized carbons (Fsp3) is 0.350. The Bertz CT molecular complexity index is 1280. The molecule has 2 aromatic rings. The molecule has 0 bridgehead atoms. The Hall–Kier alpha value is -3.80. The van der Waals surface area contributed by atoms with Crippen molar-refractivity contribution in [2.24, 2.45) is 15.1 Å². The highest BCUT2D eigenvalue weighted by molar-refractivity contribution is 7.73. The lowest BCUT2D eigenvalue weighted by Crippen LogP contribution is -2.36. The number of carbonyl (C=O) groups excluding carboxylic acids is 1. The van der Waals surface area contributed by atoms with Gasteiger partial charge in [-0.2, -0.15) is 18.4 Å². The van der Waals surface area contributed by atoms with Crippen LogP contribution in [0.5, 0.6) is 0 Å². The number of carbonyl (C=O) groups is 1. The number of pyridine rings is 2. The number of amides is 1. The average molecular weight is 515 g/mol. The molecule has 188 valence electrons. The Morgan fingerprint density at radius 2 is 2.00 bits per heavy atom. The van der Waals surface area contributed by atoms with Crippen molar-refractivity contribution in [3.05, 3.63) is 52.7 Å². The molecule has 1 unspecified atom stereocenters. The van der Waals surface area contributed by atoms with Gasteiger partial charge in [-0.3, -0.25) is 9.10 Å². The molecule has 1 amide bonds. The van der Waals surface area contributed by atoms with Gasteiger partial charge in [-0.05, 0) is 44.5 Å². The average Bonchev–Trinajstić information content (AvgIpc) is 2.76. The van der Waals surface area contributed by atoms with E-state index in [-0.39, 0.29) is 22.8 Å². The van der Waals surface area contributed by atoms with Crippen molar-refractivity contribution in [1.29, 1.82) is 5.26 Å². The number of aliphatic imine (C=N–C) groups is 1. The van der Waals surface area contributed by atoms with Crippen LogP contribution in [0.4, 0.5) is 23.4 Å². The normalized spacial score (nSPS) is 13.3. The third-order valence-corrected chi connectivity index (χ3v) is 5.54. The summed E-state index contributed by atoms with van der Waals surface area (Å²) in [6.07, 6.45) is -3.41. The topological polar surface area (TPSA) is 150 Å². The zero-order chi connectivity index (χ0) is 26.6. The Kier molecular flexibility index (Phi) is 8.34. The maximum absolute atomic E-state index is 14.6. The van der Waals surface area contributed by atoms with Gasteiger partial charge >= 0.3 is 6.18 Å². The summed E-state index contributed by atoms with van der Waals surface area (Å²) in [6.45, 7) is 2.79. The smallest absolute Gasteiger partial charge is 0.369 e. The van der Waals surface area contributed by atoms with Crippen LogP contribution < -0.4 is 11.1 Å². The zero-order valence-corrected chi connectivity index (χ0v) is 19.9. The van der Waals surface area contributed by atoms with E-state index >= 15 is 0 Å². The van der Waals surface area contributed by atoms with Gasteiger partial charge < -0.3 is 11.1 Å². The second kappa shape index (κ2) is 10.6. The molecule has 15 heteroatoms. The standard InChI is InChI=1S/C20H22F4N8O2S/c1-11-7-12(8-25)9-27-15(11)17(33)30-14-6-5-13(21)16(29-14)19(2,3)31-18(26)32(4)35(34)28-10-20(22,23)24/h5-7,9,35H,10H2,1-4H3,(H2,26,31)(H,29,30,33). The van der Waals surface area contributed by atoms with Gasteiger partial charge in [-0.1, -0.05) is 0 Å². The van der Waals surface area contributed by atoms with Gasteiger partial charge in [0.25, 0.3) is 5.91 Å². The highest BCUT2D eigenvalue weighted by atomic mass is 32.2. The molecular weight excluding hydrogens is 492 g/mol. The minimum Gasteiger partial charge on any atom is -0.369 e. The number of hydrogen-bond donors (Lipinski definition) is 3. The predicted octanol–water partition coefficient (Wildman–Crippen LogP) is 2.67. The van der Waals surface area contributed by atoms with Crippen LogP contribution >= 0.6 is 0 Å². The van der Waals surface area contributed by atoms with E-state index in [0.29, 0.717) is 5.56 Å². The fourth-order valence-corrected chi connectivity index (χ4v) is 3.42. The Morgan fingerprint density at radius 3 is 2.57 bits per heavy atom. The number of nitriles is 1. The fourth-order valence-electron chi connectivity index (χ4n) is 2.72. The van der Waals surface area contributed by atoms with Gasteiger partial charge in [-0.15, -0.1) is 0 Å². The number of nitrogens with zero attached hydrogens (tertiary/aromatic N) is 6. The van der Waals surface area contributed by atoms with Gasteiger partial charge in [0.1, 0.15) is 52.0 Å². The third-order valence-electron chi connectivity index (χ3n) is 4.44. The first-order chi connectivity index (χ1) is 16.1. The van der Waals surface area contributed by atoms with E-state index < -0.39 is 46.7 Å². The van der Waals surface area contributed by atoms with Gasteiger partial charge in [0.15, 0.2) is 0 Å². The number of alkyl halides is 3. The summed E-state index contributed by atoms with van der Waals surface area (Å²) in [7, 11) is -1.77. The van der Waals surface area contributed by atoms with Gasteiger partial charge in [0.05, 0.1) is 5.56 Å². The first kappa shape index (κ1) is 27.4. The summed E-state index contributed by atoms with van der Waals surface area (Å²) >= 11 is 0. The first-order valence-corrected chi connectivity index (χ1v) is 11.0.